The van der Waals surface area contributed by atoms with Crippen LogP contribution in [-0.2, 0) is 4.74 Å². The number of nitrogens with one attached hydrogen (secondary N) is 1. The van der Waals surface area contributed by atoms with E-state index in [1.165, 1.54) is 7.11 Å². The summed E-state index contributed by atoms with van der Waals surface area (Å²) in [6, 6.07) is 7.25. The molecule has 26 heavy (non-hydrogen) atoms. The number of ether oxygens (including phenoxy) is 2. The molecule has 3 N–H and O–H groups in total. The minimum absolute atomic E-state index is 0.324. The number of amides is 1. The normalized spacial score (nSPS) is 13.2. The van der Waals surface area contributed by atoms with Crippen LogP contribution in [0.3, 0.4) is 0 Å². The van der Waals surface area contributed by atoms with Crippen LogP contribution in [0.1, 0.15) is 27.2 Å². The van der Waals surface area contributed by atoms with Crippen LogP contribution in [0.25, 0.3) is 11.1 Å². The predicted octanol–water partition coefficient (Wildman–Crippen LogP) is 3.46. The van der Waals surface area contributed by atoms with E-state index < -0.39 is 11.6 Å². The molecule has 2 rings (SSSR count). The topological polar surface area (TPSA) is 99.4 Å². The van der Waals surface area contributed by atoms with E-state index >= 15 is 0 Å². The van der Waals surface area contributed by atoms with Crippen molar-refractivity contribution in [2.45, 2.75) is 32.7 Å². The second kappa shape index (κ2) is 8.62. The molecule has 0 aliphatic heterocycles. The molecule has 0 radical (unpaired) electrons. The van der Waals surface area contributed by atoms with Crippen molar-refractivity contribution in [3.63, 3.8) is 0 Å². The van der Waals surface area contributed by atoms with Gasteiger partial charge in [0.05, 0.1) is 7.11 Å². The van der Waals surface area contributed by atoms with E-state index in [9.17, 15) is 4.79 Å². The monoisotopic (exact) mass is 358 g/mol. The third-order valence-electron chi connectivity index (χ3n) is 3.69. The van der Waals surface area contributed by atoms with Crippen molar-refractivity contribution in [2.24, 2.45) is 11.7 Å². The average molecular weight is 358 g/mol. The first-order valence-corrected chi connectivity index (χ1v) is 8.49. The van der Waals surface area contributed by atoms with Gasteiger partial charge in [-0.25, -0.2) is 4.79 Å². The zero-order chi connectivity index (χ0) is 19.2. The molecule has 0 aliphatic rings. The Bertz CT molecular complexity index is 733. The molecular formula is C19H26N4O3. The number of nitrogens with zero attached hydrogens (tertiary/aromatic N) is 2. The van der Waals surface area contributed by atoms with Crippen molar-refractivity contribution in [3.05, 3.63) is 36.7 Å². The molecule has 0 fully saturated rings. The molecule has 7 nitrogen and oxygen atoms in total. The number of aromatic nitrogens is 2. The number of hydrogen-bond acceptors (Lipinski definition) is 6. The Morgan fingerprint density at radius 3 is 2.58 bits per heavy atom. The average Bonchev–Trinajstić information content (AvgIpc) is 2.60. The Labute approximate surface area is 153 Å². The molecule has 2 heterocycles. The van der Waals surface area contributed by atoms with Crippen molar-refractivity contribution < 1.29 is 14.3 Å². The summed E-state index contributed by atoms with van der Waals surface area (Å²) < 4.78 is 10.5. The lowest BCUT2D eigenvalue weighted by Crippen LogP contribution is -2.43. The third-order valence-corrected chi connectivity index (χ3v) is 3.69. The lowest BCUT2D eigenvalue weighted by atomic mass is 9.93. The van der Waals surface area contributed by atoms with E-state index in [0.717, 1.165) is 17.5 Å². The van der Waals surface area contributed by atoms with Crippen LogP contribution in [0, 0.1) is 5.92 Å². The Kier molecular flexibility index (Phi) is 6.52. The molecule has 2 aromatic heterocycles. The summed E-state index contributed by atoms with van der Waals surface area (Å²) in [5, 5.41) is 2.62. The van der Waals surface area contributed by atoms with Gasteiger partial charge in [-0.05, 0) is 43.0 Å². The van der Waals surface area contributed by atoms with Gasteiger partial charge in [-0.15, -0.1) is 0 Å². The molecule has 0 saturated carbocycles. The fraction of sp³-hybridized carbons (Fsp3) is 0.421. The van der Waals surface area contributed by atoms with E-state index in [1.807, 2.05) is 25.1 Å². The number of anilines is 1. The molecule has 0 bridgehead atoms. The third kappa shape index (κ3) is 5.70. The van der Waals surface area contributed by atoms with Gasteiger partial charge in [0.25, 0.3) is 0 Å². The quantitative estimate of drug-likeness (QED) is 0.786. The zero-order valence-corrected chi connectivity index (χ0v) is 15.7. The molecule has 0 aromatic carbocycles. The van der Waals surface area contributed by atoms with Gasteiger partial charge in [-0.1, -0.05) is 13.8 Å². The van der Waals surface area contributed by atoms with E-state index in [2.05, 4.69) is 33.9 Å². The van der Waals surface area contributed by atoms with Crippen molar-refractivity contribution in [3.8, 4) is 17.0 Å². The van der Waals surface area contributed by atoms with Gasteiger partial charge in [0, 0.05) is 29.6 Å². The Morgan fingerprint density at radius 2 is 1.96 bits per heavy atom. The molecule has 7 heteroatoms. The molecule has 1 amide bonds. The first-order chi connectivity index (χ1) is 12.3. The summed E-state index contributed by atoms with van der Waals surface area (Å²) in [5.41, 5.74) is 7.42. The minimum atomic E-state index is -0.603. The molecule has 2 aromatic rings. The lowest BCUT2D eigenvalue weighted by molar-refractivity contribution is 0.186. The molecule has 0 aliphatic carbocycles. The van der Waals surface area contributed by atoms with Crippen LogP contribution in [0.15, 0.2) is 36.7 Å². The zero-order valence-electron chi connectivity index (χ0n) is 15.7. The summed E-state index contributed by atoms with van der Waals surface area (Å²) in [6.07, 6.45) is 3.57. The summed E-state index contributed by atoms with van der Waals surface area (Å²) in [5.74, 6) is 1.20. The molecule has 0 saturated heterocycles. The molecule has 140 valence electrons. The number of nitrogens with two attached hydrogens (primary N) is 1. The standard InChI is InChI=1S/C19H26N4O3/c1-13(2)11-19(3,20)12-26-16-6-5-15(14-7-9-21-10-8-14)17(22-16)23-18(24)25-4/h5-10,13H,11-12,20H2,1-4H3,(H,22,23,24). The van der Waals surface area contributed by atoms with E-state index in [1.54, 1.807) is 18.5 Å². The SMILES string of the molecule is COC(=O)Nc1nc(OCC(C)(N)CC(C)C)ccc1-c1ccncc1. The van der Waals surface area contributed by atoms with Crippen molar-refractivity contribution in [1.29, 1.82) is 0 Å². The van der Waals surface area contributed by atoms with E-state index in [0.29, 0.717) is 24.2 Å². The summed E-state index contributed by atoms with van der Waals surface area (Å²) >= 11 is 0. The van der Waals surface area contributed by atoms with Crippen LogP contribution < -0.4 is 15.8 Å². The van der Waals surface area contributed by atoms with Crippen LogP contribution in [0.4, 0.5) is 10.6 Å². The van der Waals surface area contributed by atoms with Gasteiger partial charge in [-0.3, -0.25) is 10.3 Å². The van der Waals surface area contributed by atoms with Gasteiger partial charge >= 0.3 is 6.09 Å². The second-order valence-corrected chi connectivity index (χ2v) is 6.94. The fourth-order valence-corrected chi connectivity index (χ4v) is 2.76. The molecular weight excluding hydrogens is 332 g/mol. The highest BCUT2D eigenvalue weighted by Crippen LogP contribution is 2.29. The first-order valence-electron chi connectivity index (χ1n) is 8.49. The Balaban J connectivity index is 2.24. The van der Waals surface area contributed by atoms with Crippen LogP contribution in [0.2, 0.25) is 0 Å². The molecule has 1 unspecified atom stereocenters. The Morgan fingerprint density at radius 1 is 1.27 bits per heavy atom. The summed E-state index contributed by atoms with van der Waals surface area (Å²) in [7, 11) is 1.30. The highest BCUT2D eigenvalue weighted by Gasteiger charge is 2.22. The maximum Gasteiger partial charge on any atom is 0.412 e. The number of methoxy groups -OCH3 is 1. The minimum Gasteiger partial charge on any atom is -0.476 e. The summed E-state index contributed by atoms with van der Waals surface area (Å²) in [6.45, 7) is 6.51. The highest BCUT2D eigenvalue weighted by atomic mass is 16.5. The Hall–Kier alpha value is -2.67. The van der Waals surface area contributed by atoms with Crippen molar-refractivity contribution >= 4 is 11.9 Å². The number of carbonyl (C=O) groups excluding carboxylic acids is 1. The first kappa shape index (κ1) is 19.7. The molecule has 0 spiro atoms. The van der Waals surface area contributed by atoms with Crippen molar-refractivity contribution in [1.82, 2.24) is 9.97 Å². The van der Waals surface area contributed by atoms with Gasteiger partial charge in [0.15, 0.2) is 0 Å². The van der Waals surface area contributed by atoms with Gasteiger partial charge in [-0.2, -0.15) is 4.98 Å². The maximum absolute atomic E-state index is 11.7. The number of rotatable bonds is 7. The van der Waals surface area contributed by atoms with E-state index in [-0.39, 0.29) is 0 Å². The van der Waals surface area contributed by atoms with Crippen LogP contribution >= 0.6 is 0 Å². The maximum atomic E-state index is 11.7. The number of hydrogen-bond donors (Lipinski definition) is 2. The lowest BCUT2D eigenvalue weighted by Gasteiger charge is -2.26. The van der Waals surface area contributed by atoms with Crippen molar-refractivity contribution in [2.75, 3.05) is 19.0 Å². The predicted molar refractivity (Wildman–Crippen MR) is 101 cm³/mol. The highest BCUT2D eigenvalue weighted by molar-refractivity contribution is 5.89. The molecule has 1 atom stereocenters. The number of pyridine rings is 2. The van der Waals surface area contributed by atoms with Gasteiger partial charge in [0.2, 0.25) is 5.88 Å². The van der Waals surface area contributed by atoms with E-state index in [4.69, 9.17) is 10.5 Å². The van der Waals surface area contributed by atoms with Gasteiger partial charge in [0.1, 0.15) is 12.4 Å². The smallest absolute Gasteiger partial charge is 0.412 e. The van der Waals surface area contributed by atoms with Crippen LogP contribution in [0.5, 0.6) is 5.88 Å². The largest absolute Gasteiger partial charge is 0.476 e. The summed E-state index contributed by atoms with van der Waals surface area (Å²) in [4.78, 5) is 20.1. The second-order valence-electron chi connectivity index (χ2n) is 6.94. The number of carbonyl (C=O) groups is 1. The van der Waals surface area contributed by atoms with Gasteiger partial charge < -0.3 is 15.2 Å². The fourth-order valence-electron chi connectivity index (χ4n) is 2.76. The van der Waals surface area contributed by atoms with Crippen LogP contribution in [-0.4, -0.2) is 35.3 Å².